The van der Waals surface area contributed by atoms with Crippen molar-refractivity contribution < 1.29 is 22.9 Å². The second-order valence-electron chi connectivity index (χ2n) is 5.77. The molecule has 10 heteroatoms. The zero-order chi connectivity index (χ0) is 20.6. The highest BCUT2D eigenvalue weighted by atomic mass is 32.2. The van der Waals surface area contributed by atoms with E-state index in [9.17, 15) is 23.3 Å². The number of methoxy groups -OCH3 is 1. The Bertz CT molecular complexity index is 918. The lowest BCUT2D eigenvalue weighted by atomic mass is 10.3. The molecule has 28 heavy (non-hydrogen) atoms. The first-order chi connectivity index (χ1) is 13.4. The van der Waals surface area contributed by atoms with E-state index in [1.54, 1.807) is 18.2 Å². The minimum atomic E-state index is -4.35. The predicted molar refractivity (Wildman–Crippen MR) is 104 cm³/mol. The highest BCUT2D eigenvalue weighted by molar-refractivity contribution is 7.93. The summed E-state index contributed by atoms with van der Waals surface area (Å²) in [6.07, 6.45) is 0.574. The van der Waals surface area contributed by atoms with Crippen LogP contribution in [0.5, 0.6) is 0 Å². The fourth-order valence-electron chi connectivity index (χ4n) is 2.48. The summed E-state index contributed by atoms with van der Waals surface area (Å²) in [5, 5.41) is 13.9. The summed E-state index contributed by atoms with van der Waals surface area (Å²) >= 11 is 0. The maximum absolute atomic E-state index is 13.2. The van der Waals surface area contributed by atoms with Gasteiger partial charge >= 0.3 is 0 Å². The normalized spacial score (nSPS) is 11.0. The Morgan fingerprint density at radius 1 is 1.14 bits per heavy atom. The molecule has 1 N–H and O–H groups in total. The summed E-state index contributed by atoms with van der Waals surface area (Å²) < 4.78 is 32.1. The van der Waals surface area contributed by atoms with Crippen LogP contribution in [0, 0.1) is 10.1 Å². The van der Waals surface area contributed by atoms with Crippen LogP contribution in [0.1, 0.15) is 6.42 Å². The number of hydrogen-bond donors (Lipinski definition) is 1. The first-order valence-electron chi connectivity index (χ1n) is 8.44. The molecule has 0 aromatic heterocycles. The van der Waals surface area contributed by atoms with Gasteiger partial charge in [-0.05, 0) is 24.6 Å². The number of nitro benzene ring substituents is 1. The van der Waals surface area contributed by atoms with Gasteiger partial charge in [-0.15, -0.1) is 0 Å². The van der Waals surface area contributed by atoms with Crippen molar-refractivity contribution in [1.82, 2.24) is 5.32 Å². The van der Waals surface area contributed by atoms with E-state index in [2.05, 4.69) is 5.32 Å². The van der Waals surface area contributed by atoms with Crippen LogP contribution in [0.4, 0.5) is 11.4 Å². The van der Waals surface area contributed by atoms with Gasteiger partial charge < -0.3 is 10.1 Å². The van der Waals surface area contributed by atoms with Crippen molar-refractivity contribution in [3.8, 4) is 0 Å². The zero-order valence-corrected chi connectivity index (χ0v) is 16.1. The molecule has 0 bridgehead atoms. The number of hydrogen-bond acceptors (Lipinski definition) is 6. The van der Waals surface area contributed by atoms with Gasteiger partial charge in [0.1, 0.15) is 6.54 Å². The number of benzene rings is 2. The molecule has 0 saturated heterocycles. The number of anilines is 1. The van der Waals surface area contributed by atoms with Crippen molar-refractivity contribution in [3.05, 3.63) is 64.7 Å². The first-order valence-corrected chi connectivity index (χ1v) is 9.88. The van der Waals surface area contributed by atoms with Gasteiger partial charge in [0.2, 0.25) is 5.91 Å². The molecule has 2 rings (SSSR count). The van der Waals surface area contributed by atoms with E-state index in [1.807, 2.05) is 0 Å². The fourth-order valence-corrected chi connectivity index (χ4v) is 4.07. The topological polar surface area (TPSA) is 119 Å². The maximum Gasteiger partial charge on any atom is 0.289 e. The summed E-state index contributed by atoms with van der Waals surface area (Å²) in [6.45, 7) is 0.267. The van der Waals surface area contributed by atoms with Crippen LogP contribution in [0.3, 0.4) is 0 Å². The monoisotopic (exact) mass is 407 g/mol. The Kier molecular flexibility index (Phi) is 7.47. The van der Waals surface area contributed by atoms with Crippen molar-refractivity contribution in [3.63, 3.8) is 0 Å². The number of nitrogens with one attached hydrogen (secondary N) is 1. The summed E-state index contributed by atoms with van der Waals surface area (Å²) in [5.41, 5.74) is -0.323. The van der Waals surface area contributed by atoms with E-state index in [-0.39, 0.29) is 5.69 Å². The molecule has 0 aliphatic carbocycles. The number of ether oxygens (including phenoxy) is 1. The Morgan fingerprint density at radius 3 is 2.43 bits per heavy atom. The van der Waals surface area contributed by atoms with Gasteiger partial charge in [0.25, 0.3) is 15.7 Å². The molecule has 2 aromatic rings. The molecule has 0 saturated carbocycles. The Balaban J connectivity index is 2.37. The largest absolute Gasteiger partial charge is 0.385 e. The lowest BCUT2D eigenvalue weighted by Crippen LogP contribution is -2.41. The second-order valence-corrected chi connectivity index (χ2v) is 7.60. The minimum Gasteiger partial charge on any atom is -0.385 e. The van der Waals surface area contributed by atoms with Crippen LogP contribution >= 0.6 is 0 Å². The van der Waals surface area contributed by atoms with Crippen molar-refractivity contribution in [1.29, 1.82) is 0 Å². The standard InChI is InChI=1S/C18H21N3O6S/c1-27-13-7-12-19-18(22)14-20(15-8-3-2-4-9-15)28(25,26)17-11-6-5-10-16(17)21(23)24/h2-6,8-11H,7,12-14H2,1H3,(H,19,22). The summed E-state index contributed by atoms with van der Waals surface area (Å²) in [7, 11) is -2.81. The highest BCUT2D eigenvalue weighted by Crippen LogP contribution is 2.29. The molecule has 0 aliphatic heterocycles. The van der Waals surface area contributed by atoms with E-state index < -0.39 is 38.0 Å². The lowest BCUT2D eigenvalue weighted by Gasteiger charge is -2.24. The van der Waals surface area contributed by atoms with Gasteiger partial charge in [-0.2, -0.15) is 0 Å². The molecule has 1 amide bonds. The predicted octanol–water partition coefficient (Wildman–Crippen LogP) is 1.94. The van der Waals surface area contributed by atoms with Gasteiger partial charge in [0, 0.05) is 26.3 Å². The molecule has 0 fully saturated rings. The molecular formula is C18H21N3O6S. The van der Waals surface area contributed by atoms with Crippen molar-refractivity contribution in [2.24, 2.45) is 0 Å². The molecule has 2 aromatic carbocycles. The average Bonchev–Trinajstić information content (AvgIpc) is 2.70. The van der Waals surface area contributed by atoms with Gasteiger partial charge in [-0.3, -0.25) is 19.2 Å². The zero-order valence-electron chi connectivity index (χ0n) is 15.3. The SMILES string of the molecule is COCCCNC(=O)CN(c1ccccc1)S(=O)(=O)c1ccccc1[N+](=O)[O-]. The number of sulfonamides is 1. The van der Waals surface area contributed by atoms with E-state index in [0.717, 1.165) is 16.4 Å². The third-order valence-electron chi connectivity index (χ3n) is 3.81. The summed E-state index contributed by atoms with van der Waals surface area (Å²) in [5.74, 6) is -0.526. The van der Waals surface area contributed by atoms with Gasteiger partial charge in [0.15, 0.2) is 4.90 Å². The summed E-state index contributed by atoms with van der Waals surface area (Å²) in [6, 6.07) is 13.0. The van der Waals surface area contributed by atoms with E-state index in [1.165, 1.54) is 31.4 Å². The lowest BCUT2D eigenvalue weighted by molar-refractivity contribution is -0.387. The third-order valence-corrected chi connectivity index (χ3v) is 5.63. The molecule has 9 nitrogen and oxygen atoms in total. The van der Waals surface area contributed by atoms with Gasteiger partial charge in [-0.25, -0.2) is 8.42 Å². The highest BCUT2D eigenvalue weighted by Gasteiger charge is 2.32. The van der Waals surface area contributed by atoms with Crippen LogP contribution in [0.2, 0.25) is 0 Å². The van der Waals surface area contributed by atoms with E-state index in [0.29, 0.717) is 19.6 Å². The summed E-state index contributed by atoms with van der Waals surface area (Å²) in [4.78, 5) is 22.3. The number of carbonyl (C=O) groups excluding carboxylic acids is 1. The maximum atomic E-state index is 13.2. The van der Waals surface area contributed by atoms with E-state index in [4.69, 9.17) is 4.74 Å². The Morgan fingerprint density at radius 2 is 1.79 bits per heavy atom. The van der Waals surface area contributed by atoms with Crippen LogP contribution < -0.4 is 9.62 Å². The first kappa shape index (κ1) is 21.3. The number of rotatable bonds is 10. The molecule has 0 atom stereocenters. The number of nitro groups is 1. The van der Waals surface area contributed by atoms with Crippen LogP contribution in [0.15, 0.2) is 59.5 Å². The molecule has 0 radical (unpaired) electrons. The Hall–Kier alpha value is -2.98. The smallest absolute Gasteiger partial charge is 0.289 e. The van der Waals surface area contributed by atoms with E-state index >= 15 is 0 Å². The van der Waals surface area contributed by atoms with Crippen molar-refractivity contribution >= 4 is 27.3 Å². The number of para-hydroxylation sites is 2. The number of nitrogens with zero attached hydrogens (tertiary/aromatic N) is 2. The molecular weight excluding hydrogens is 386 g/mol. The van der Waals surface area contributed by atoms with Crippen LogP contribution in [-0.2, 0) is 19.6 Å². The molecule has 0 spiro atoms. The van der Waals surface area contributed by atoms with Gasteiger partial charge in [0.05, 0.1) is 10.6 Å². The van der Waals surface area contributed by atoms with Crippen molar-refractivity contribution in [2.45, 2.75) is 11.3 Å². The number of carbonyl (C=O) groups is 1. The van der Waals surface area contributed by atoms with Crippen molar-refractivity contribution in [2.75, 3.05) is 31.1 Å². The fraction of sp³-hybridized carbons (Fsp3) is 0.278. The molecule has 0 heterocycles. The van der Waals surface area contributed by atoms with Gasteiger partial charge in [-0.1, -0.05) is 30.3 Å². The molecule has 0 unspecified atom stereocenters. The average molecular weight is 407 g/mol. The third kappa shape index (κ3) is 5.27. The van der Waals surface area contributed by atoms with Crippen LogP contribution in [0.25, 0.3) is 0 Å². The Labute approximate surface area is 163 Å². The minimum absolute atomic E-state index is 0.229. The molecule has 0 aliphatic rings. The number of amides is 1. The second kappa shape index (κ2) is 9.81. The molecule has 150 valence electrons. The quantitative estimate of drug-likeness (QED) is 0.365. The van der Waals surface area contributed by atoms with Crippen LogP contribution in [-0.4, -0.2) is 46.1 Å².